The fraction of sp³-hybridized carbons (Fsp3) is 0.760. The Balaban J connectivity index is 1.76. The summed E-state index contributed by atoms with van der Waals surface area (Å²) in [5.41, 5.74) is 0.785. The molecule has 3 rings (SSSR count). The highest BCUT2D eigenvalue weighted by atomic mass is 16.6. The third kappa shape index (κ3) is 5.16. The minimum atomic E-state index is -0.601. The van der Waals surface area contributed by atoms with Gasteiger partial charge in [0.05, 0.1) is 17.9 Å². The Kier molecular flexibility index (Phi) is 7.11. The number of fused-ring (bicyclic) bond motifs is 1. The first-order valence-electron chi connectivity index (χ1n) is 11.6. The Labute approximate surface area is 180 Å². The molecule has 1 N–H and O–H groups in total. The molecule has 0 aromatic heterocycles. The largest absolute Gasteiger partial charge is 0.462 e. The van der Waals surface area contributed by atoms with E-state index in [1.807, 2.05) is 20.8 Å². The van der Waals surface area contributed by atoms with Gasteiger partial charge in [0.25, 0.3) is 0 Å². The highest BCUT2D eigenvalue weighted by molar-refractivity contribution is 5.76. The Hall–Kier alpha value is -1.62. The van der Waals surface area contributed by atoms with Crippen molar-refractivity contribution < 1.29 is 24.2 Å². The molecule has 7 atom stereocenters. The van der Waals surface area contributed by atoms with Crippen molar-refractivity contribution in [2.45, 2.75) is 91.5 Å². The summed E-state index contributed by atoms with van der Waals surface area (Å²) in [5, 5.41) is 9.92. The van der Waals surface area contributed by atoms with E-state index < -0.39 is 11.5 Å². The number of aliphatic hydroxyl groups excluding tert-OH is 1. The topological polar surface area (TPSA) is 72.8 Å². The zero-order chi connectivity index (χ0) is 22.1. The van der Waals surface area contributed by atoms with Crippen LogP contribution in [-0.4, -0.2) is 35.4 Å². The lowest BCUT2D eigenvalue weighted by atomic mass is 9.65. The molecular weight excluding hydrogens is 380 g/mol. The Morgan fingerprint density at radius 1 is 1.27 bits per heavy atom. The maximum atomic E-state index is 12.9. The number of hydrogen-bond acceptors (Lipinski definition) is 5. The maximum Gasteiger partial charge on any atom is 0.311 e. The highest BCUT2D eigenvalue weighted by Crippen LogP contribution is 2.45. The van der Waals surface area contributed by atoms with Gasteiger partial charge in [0.15, 0.2) is 0 Å². The molecule has 3 aliphatic rings. The van der Waals surface area contributed by atoms with Crippen molar-refractivity contribution in [1.29, 1.82) is 0 Å². The molecule has 0 amide bonds. The number of hydrogen-bond donors (Lipinski definition) is 1. The first-order valence-corrected chi connectivity index (χ1v) is 11.6. The van der Waals surface area contributed by atoms with Gasteiger partial charge in [-0.05, 0) is 62.9 Å². The van der Waals surface area contributed by atoms with E-state index >= 15 is 0 Å². The highest BCUT2D eigenvalue weighted by Gasteiger charge is 2.43. The van der Waals surface area contributed by atoms with Crippen molar-refractivity contribution in [3.63, 3.8) is 0 Å². The van der Waals surface area contributed by atoms with Crippen molar-refractivity contribution in [1.82, 2.24) is 0 Å². The van der Waals surface area contributed by atoms with Crippen LogP contribution in [0.5, 0.6) is 0 Å². The molecule has 0 aromatic carbocycles. The number of carbonyl (C=O) groups excluding carboxylic acids is 2. The van der Waals surface area contributed by atoms with Gasteiger partial charge in [-0.3, -0.25) is 9.59 Å². The normalized spacial score (nSPS) is 36.5. The second-order valence-corrected chi connectivity index (χ2v) is 10.3. The number of aliphatic hydroxyl groups is 1. The second kappa shape index (κ2) is 9.25. The van der Waals surface area contributed by atoms with Crippen molar-refractivity contribution >= 4 is 11.9 Å². The summed E-state index contributed by atoms with van der Waals surface area (Å²) < 4.78 is 11.6. The van der Waals surface area contributed by atoms with Gasteiger partial charge in [0.2, 0.25) is 0 Å². The third-order valence-electron chi connectivity index (χ3n) is 7.35. The minimum Gasteiger partial charge on any atom is -0.462 e. The number of rotatable bonds is 6. The second-order valence-electron chi connectivity index (χ2n) is 10.3. The number of cyclic esters (lactones) is 1. The molecular formula is C25H38O5. The monoisotopic (exact) mass is 418 g/mol. The van der Waals surface area contributed by atoms with E-state index in [1.165, 1.54) is 5.57 Å². The summed E-state index contributed by atoms with van der Waals surface area (Å²) in [5.74, 6) is 0.776. The fourth-order valence-electron chi connectivity index (χ4n) is 5.08. The number of carbonyl (C=O) groups is 2. The summed E-state index contributed by atoms with van der Waals surface area (Å²) in [6, 6.07) is 0. The molecule has 1 aliphatic heterocycles. The lowest BCUT2D eigenvalue weighted by Crippen LogP contribution is -2.43. The van der Waals surface area contributed by atoms with Gasteiger partial charge >= 0.3 is 11.9 Å². The van der Waals surface area contributed by atoms with Crippen LogP contribution in [0.15, 0.2) is 23.8 Å². The molecule has 168 valence electrons. The first kappa shape index (κ1) is 23.1. The number of esters is 2. The third-order valence-corrected chi connectivity index (χ3v) is 7.35. The van der Waals surface area contributed by atoms with Crippen molar-refractivity contribution in [3.8, 4) is 0 Å². The molecule has 2 aliphatic carbocycles. The Morgan fingerprint density at radius 3 is 2.67 bits per heavy atom. The van der Waals surface area contributed by atoms with Gasteiger partial charge in [-0.1, -0.05) is 39.0 Å². The quantitative estimate of drug-likeness (QED) is 0.639. The molecule has 0 bridgehead atoms. The summed E-state index contributed by atoms with van der Waals surface area (Å²) in [6.45, 7) is 10.3. The van der Waals surface area contributed by atoms with Crippen LogP contribution >= 0.6 is 0 Å². The van der Waals surface area contributed by atoms with E-state index in [-0.39, 0.29) is 36.5 Å². The predicted octanol–water partition coefficient (Wildman–Crippen LogP) is 4.59. The van der Waals surface area contributed by atoms with E-state index in [4.69, 9.17) is 9.47 Å². The molecule has 1 saturated heterocycles. The van der Waals surface area contributed by atoms with Gasteiger partial charge < -0.3 is 14.6 Å². The van der Waals surface area contributed by atoms with Gasteiger partial charge in [0.1, 0.15) is 12.2 Å². The van der Waals surface area contributed by atoms with Crippen LogP contribution in [0.1, 0.15) is 73.1 Å². The van der Waals surface area contributed by atoms with Crippen LogP contribution in [0.3, 0.4) is 0 Å². The van der Waals surface area contributed by atoms with E-state index in [9.17, 15) is 14.7 Å². The van der Waals surface area contributed by atoms with E-state index in [0.717, 1.165) is 25.7 Å². The van der Waals surface area contributed by atoms with E-state index in [1.54, 1.807) is 0 Å². The molecule has 0 spiro atoms. The number of ether oxygens (including phenoxy) is 2. The Bertz CT molecular complexity index is 706. The van der Waals surface area contributed by atoms with E-state index in [0.29, 0.717) is 24.2 Å². The molecule has 2 unspecified atom stereocenters. The average molecular weight is 419 g/mol. The summed E-state index contributed by atoms with van der Waals surface area (Å²) in [7, 11) is 0. The molecule has 1 fully saturated rings. The standard InChI is InChI=1S/C25H38O5/c1-6-25(4,5)24(28)30-21-12-15(2)11-17-8-7-16(3)20(23(17)21)10-9-19-13-18(26)14-22(27)29-19/h7-8,11,15-16,18-21,23,26H,6,9-10,12-14H2,1-5H3/t15-,16?,18+,19+,20-,21-,23?/m0/s1. The average Bonchev–Trinajstić information content (AvgIpc) is 2.66. The zero-order valence-corrected chi connectivity index (χ0v) is 19.1. The summed E-state index contributed by atoms with van der Waals surface area (Å²) in [4.78, 5) is 24.6. The Morgan fingerprint density at radius 2 is 2.00 bits per heavy atom. The minimum absolute atomic E-state index is 0.0949. The van der Waals surface area contributed by atoms with Crippen LogP contribution in [-0.2, 0) is 19.1 Å². The van der Waals surface area contributed by atoms with Crippen molar-refractivity contribution in [2.24, 2.45) is 29.1 Å². The summed E-state index contributed by atoms with van der Waals surface area (Å²) >= 11 is 0. The summed E-state index contributed by atoms with van der Waals surface area (Å²) in [6.07, 6.45) is 9.61. The molecule has 5 nitrogen and oxygen atoms in total. The van der Waals surface area contributed by atoms with E-state index in [2.05, 4.69) is 32.1 Å². The molecule has 1 heterocycles. The number of allylic oxidation sites excluding steroid dienone is 3. The van der Waals surface area contributed by atoms with Crippen LogP contribution in [0.2, 0.25) is 0 Å². The SMILES string of the molecule is CCC(C)(C)C(=O)O[C@H]1C[C@@H](C)C=C2C=CC(C)[C@H](CC[C@@H]3C[C@@H](O)CC(=O)O3)C21. The lowest BCUT2D eigenvalue weighted by molar-refractivity contribution is -0.166. The lowest BCUT2D eigenvalue weighted by Gasteiger charge is -2.44. The van der Waals surface area contributed by atoms with Crippen LogP contribution in [0.4, 0.5) is 0 Å². The van der Waals surface area contributed by atoms with Crippen LogP contribution in [0, 0.1) is 29.1 Å². The molecule has 0 aromatic rings. The van der Waals surface area contributed by atoms with Crippen LogP contribution in [0.25, 0.3) is 0 Å². The molecule has 5 heteroatoms. The van der Waals surface area contributed by atoms with Crippen molar-refractivity contribution in [2.75, 3.05) is 0 Å². The first-order chi connectivity index (χ1) is 14.1. The van der Waals surface area contributed by atoms with Crippen molar-refractivity contribution in [3.05, 3.63) is 23.8 Å². The smallest absolute Gasteiger partial charge is 0.311 e. The zero-order valence-electron chi connectivity index (χ0n) is 19.1. The molecule has 0 saturated carbocycles. The molecule has 30 heavy (non-hydrogen) atoms. The molecule has 0 radical (unpaired) electrons. The van der Waals surface area contributed by atoms with Crippen LogP contribution < -0.4 is 0 Å². The van der Waals surface area contributed by atoms with Gasteiger partial charge in [-0.25, -0.2) is 0 Å². The van der Waals surface area contributed by atoms with Gasteiger partial charge in [0, 0.05) is 12.3 Å². The predicted molar refractivity (Wildman–Crippen MR) is 115 cm³/mol. The fourth-order valence-corrected chi connectivity index (χ4v) is 5.08. The van der Waals surface area contributed by atoms with Gasteiger partial charge in [-0.2, -0.15) is 0 Å². The van der Waals surface area contributed by atoms with Gasteiger partial charge in [-0.15, -0.1) is 0 Å². The maximum absolute atomic E-state index is 12.9.